The highest BCUT2D eigenvalue weighted by molar-refractivity contribution is 6.31. The second-order valence-corrected chi connectivity index (χ2v) is 7.91. The van der Waals surface area contributed by atoms with Crippen LogP contribution >= 0.6 is 11.6 Å². The maximum Gasteiger partial charge on any atom is 0.253 e. The number of nitrogens with one attached hydrogen (secondary N) is 1. The number of carbonyl (C=O) groups excluding carboxylic acids is 2. The van der Waals surface area contributed by atoms with Gasteiger partial charge in [-0.05, 0) is 60.5 Å². The largest absolute Gasteiger partial charge is 0.350 e. The Morgan fingerprint density at radius 1 is 1.00 bits per heavy atom. The summed E-state index contributed by atoms with van der Waals surface area (Å²) in [6, 6.07) is 15.1. The maximum absolute atomic E-state index is 12.7. The fourth-order valence-corrected chi connectivity index (χ4v) is 3.97. The third-order valence-corrected chi connectivity index (χ3v) is 5.59. The number of amides is 2. The van der Waals surface area contributed by atoms with Gasteiger partial charge < -0.3 is 14.8 Å². The first-order valence-corrected chi connectivity index (χ1v) is 10.4. The van der Waals surface area contributed by atoms with Gasteiger partial charge in [0.1, 0.15) is 6.54 Å². The zero-order valence-electron chi connectivity index (χ0n) is 16.2. The van der Waals surface area contributed by atoms with Gasteiger partial charge in [0, 0.05) is 41.9 Å². The van der Waals surface area contributed by atoms with E-state index in [1.165, 1.54) is 6.42 Å². The molecule has 2 amide bonds. The number of piperidine rings is 1. The number of likely N-dealkylation sites (tertiary alicyclic amines) is 1. The van der Waals surface area contributed by atoms with Crippen molar-refractivity contribution in [2.75, 3.05) is 13.1 Å². The SMILES string of the molecule is O=C(Cn1ccc2ccc(Cl)cc21)NCc1cccc(C(=O)N2CCCCC2)c1. The number of fused-ring (bicyclic) bond motifs is 1. The summed E-state index contributed by atoms with van der Waals surface area (Å²) >= 11 is 6.08. The Labute approximate surface area is 175 Å². The second kappa shape index (κ2) is 8.70. The fourth-order valence-electron chi connectivity index (χ4n) is 3.80. The van der Waals surface area contributed by atoms with Gasteiger partial charge in [-0.25, -0.2) is 0 Å². The van der Waals surface area contributed by atoms with Crippen molar-refractivity contribution in [3.05, 3.63) is 70.9 Å². The minimum Gasteiger partial charge on any atom is -0.350 e. The number of hydrogen-bond acceptors (Lipinski definition) is 2. The molecular formula is C23H24ClN3O2. The van der Waals surface area contributed by atoms with Crippen molar-refractivity contribution in [2.45, 2.75) is 32.4 Å². The van der Waals surface area contributed by atoms with Crippen LogP contribution < -0.4 is 5.32 Å². The van der Waals surface area contributed by atoms with Crippen LogP contribution in [0.2, 0.25) is 5.02 Å². The third-order valence-electron chi connectivity index (χ3n) is 5.36. The highest BCUT2D eigenvalue weighted by atomic mass is 35.5. The molecule has 29 heavy (non-hydrogen) atoms. The van der Waals surface area contributed by atoms with E-state index in [1.54, 1.807) is 0 Å². The lowest BCUT2D eigenvalue weighted by molar-refractivity contribution is -0.121. The summed E-state index contributed by atoms with van der Waals surface area (Å²) in [5.41, 5.74) is 2.54. The highest BCUT2D eigenvalue weighted by Gasteiger charge is 2.18. The summed E-state index contributed by atoms with van der Waals surface area (Å²) < 4.78 is 1.88. The van der Waals surface area contributed by atoms with Crippen molar-refractivity contribution in [3.8, 4) is 0 Å². The minimum absolute atomic E-state index is 0.0774. The van der Waals surface area contributed by atoms with Crippen LogP contribution in [0.4, 0.5) is 0 Å². The van der Waals surface area contributed by atoms with E-state index in [4.69, 9.17) is 11.6 Å². The Kier molecular flexibility index (Phi) is 5.86. The molecular weight excluding hydrogens is 386 g/mol. The summed E-state index contributed by atoms with van der Waals surface area (Å²) in [6.07, 6.45) is 5.22. The first kappa shape index (κ1) is 19.5. The second-order valence-electron chi connectivity index (χ2n) is 7.48. The molecule has 0 saturated carbocycles. The molecule has 1 aromatic heterocycles. The van der Waals surface area contributed by atoms with E-state index < -0.39 is 0 Å². The van der Waals surface area contributed by atoms with Gasteiger partial charge in [0.25, 0.3) is 5.91 Å². The average molecular weight is 410 g/mol. The quantitative estimate of drug-likeness (QED) is 0.685. The lowest BCUT2D eigenvalue weighted by Crippen LogP contribution is -2.35. The summed E-state index contributed by atoms with van der Waals surface area (Å²) in [5, 5.41) is 4.64. The van der Waals surface area contributed by atoms with E-state index in [0.717, 1.165) is 42.4 Å². The molecule has 0 radical (unpaired) electrons. The maximum atomic E-state index is 12.7. The van der Waals surface area contributed by atoms with Crippen LogP contribution in [-0.4, -0.2) is 34.4 Å². The van der Waals surface area contributed by atoms with Gasteiger partial charge in [-0.2, -0.15) is 0 Å². The molecule has 6 heteroatoms. The molecule has 150 valence electrons. The summed E-state index contributed by atoms with van der Waals surface area (Å²) in [6.45, 7) is 2.26. The average Bonchev–Trinajstić information content (AvgIpc) is 3.14. The standard InChI is InChI=1S/C23H24ClN3O2/c24-20-8-7-18-9-12-27(21(18)14-20)16-22(28)25-15-17-5-4-6-19(13-17)23(29)26-10-2-1-3-11-26/h4-9,12-14H,1-3,10-11,15-16H2,(H,25,28). The monoisotopic (exact) mass is 409 g/mol. The molecule has 0 unspecified atom stereocenters. The van der Waals surface area contributed by atoms with Gasteiger partial charge in [0.15, 0.2) is 0 Å². The first-order valence-electron chi connectivity index (χ1n) is 9.99. The van der Waals surface area contributed by atoms with Gasteiger partial charge >= 0.3 is 0 Å². The van der Waals surface area contributed by atoms with Crippen LogP contribution in [0, 0.1) is 0 Å². The van der Waals surface area contributed by atoms with Gasteiger partial charge in [-0.1, -0.05) is 29.8 Å². The Morgan fingerprint density at radius 3 is 2.66 bits per heavy atom. The molecule has 1 aliphatic rings. The topological polar surface area (TPSA) is 54.3 Å². The number of hydrogen-bond donors (Lipinski definition) is 1. The molecule has 0 atom stereocenters. The van der Waals surface area contributed by atoms with Crippen molar-refractivity contribution in [1.29, 1.82) is 0 Å². The van der Waals surface area contributed by atoms with Gasteiger partial charge in [0.05, 0.1) is 0 Å². The lowest BCUT2D eigenvalue weighted by Gasteiger charge is -2.26. The van der Waals surface area contributed by atoms with Crippen LogP contribution in [0.25, 0.3) is 10.9 Å². The Bertz CT molecular complexity index is 1040. The van der Waals surface area contributed by atoms with E-state index in [1.807, 2.05) is 64.2 Å². The van der Waals surface area contributed by atoms with Gasteiger partial charge in [-0.15, -0.1) is 0 Å². The van der Waals surface area contributed by atoms with E-state index in [0.29, 0.717) is 17.1 Å². The first-order chi connectivity index (χ1) is 14.1. The van der Waals surface area contributed by atoms with Crippen LogP contribution in [0.15, 0.2) is 54.7 Å². The number of nitrogens with zero attached hydrogens (tertiary/aromatic N) is 2. The molecule has 5 nitrogen and oxygen atoms in total. The number of aromatic nitrogens is 1. The Morgan fingerprint density at radius 2 is 1.83 bits per heavy atom. The van der Waals surface area contributed by atoms with Crippen molar-refractivity contribution in [3.63, 3.8) is 0 Å². The molecule has 0 spiro atoms. The van der Waals surface area contributed by atoms with Crippen LogP contribution in [0.3, 0.4) is 0 Å². The molecule has 0 bridgehead atoms. The van der Waals surface area contributed by atoms with Crippen LogP contribution in [0.5, 0.6) is 0 Å². The van der Waals surface area contributed by atoms with E-state index >= 15 is 0 Å². The van der Waals surface area contributed by atoms with Gasteiger partial charge in [0.2, 0.25) is 5.91 Å². The molecule has 2 heterocycles. The minimum atomic E-state index is -0.0877. The predicted octanol–water partition coefficient (Wildman–Crippen LogP) is 4.24. The third kappa shape index (κ3) is 4.62. The molecule has 1 fully saturated rings. The predicted molar refractivity (Wildman–Crippen MR) is 115 cm³/mol. The van der Waals surface area contributed by atoms with Crippen molar-refractivity contribution < 1.29 is 9.59 Å². The lowest BCUT2D eigenvalue weighted by atomic mass is 10.1. The van der Waals surface area contributed by atoms with E-state index in [2.05, 4.69) is 5.32 Å². The molecule has 4 rings (SSSR count). The van der Waals surface area contributed by atoms with Crippen LogP contribution in [0.1, 0.15) is 35.2 Å². The molecule has 3 aromatic rings. The van der Waals surface area contributed by atoms with Gasteiger partial charge in [-0.3, -0.25) is 9.59 Å². The van der Waals surface area contributed by atoms with Crippen LogP contribution in [-0.2, 0) is 17.9 Å². The van der Waals surface area contributed by atoms with Crippen molar-refractivity contribution in [1.82, 2.24) is 14.8 Å². The molecule has 0 aliphatic carbocycles. The summed E-state index contributed by atoms with van der Waals surface area (Å²) in [5.74, 6) is -0.0104. The number of rotatable bonds is 5. The van der Waals surface area contributed by atoms with E-state index in [-0.39, 0.29) is 18.4 Å². The molecule has 2 aromatic carbocycles. The Hall–Kier alpha value is -2.79. The zero-order chi connectivity index (χ0) is 20.2. The number of halogens is 1. The summed E-state index contributed by atoms with van der Waals surface area (Å²) in [4.78, 5) is 27.0. The molecule has 1 N–H and O–H groups in total. The molecule has 1 saturated heterocycles. The normalized spacial score (nSPS) is 14.2. The zero-order valence-corrected chi connectivity index (χ0v) is 17.0. The van der Waals surface area contributed by atoms with E-state index in [9.17, 15) is 9.59 Å². The van der Waals surface area contributed by atoms with Crippen molar-refractivity contribution in [2.24, 2.45) is 0 Å². The number of benzene rings is 2. The fraction of sp³-hybridized carbons (Fsp3) is 0.304. The Balaban J connectivity index is 1.37. The number of carbonyl (C=O) groups is 2. The van der Waals surface area contributed by atoms with Crippen molar-refractivity contribution >= 4 is 34.3 Å². The molecule has 1 aliphatic heterocycles. The summed E-state index contributed by atoms with van der Waals surface area (Å²) in [7, 11) is 0. The highest BCUT2D eigenvalue weighted by Crippen LogP contribution is 2.20. The smallest absolute Gasteiger partial charge is 0.253 e.